The molecule has 14 heavy (non-hydrogen) atoms. The minimum Gasteiger partial charge on any atom is -0.395 e. The lowest BCUT2D eigenvalue weighted by Gasteiger charge is -2.29. The van der Waals surface area contributed by atoms with E-state index < -0.39 is 0 Å². The van der Waals surface area contributed by atoms with Gasteiger partial charge >= 0.3 is 0 Å². The zero-order valence-electron chi connectivity index (χ0n) is 8.90. The summed E-state index contributed by atoms with van der Waals surface area (Å²) in [6.07, 6.45) is 0.860. The fourth-order valence-corrected chi connectivity index (χ4v) is 1.72. The van der Waals surface area contributed by atoms with Gasteiger partial charge in [0.15, 0.2) is 0 Å². The second kappa shape index (κ2) is 8.11. The van der Waals surface area contributed by atoms with Crippen molar-refractivity contribution in [2.75, 3.05) is 33.4 Å². The molecule has 4 nitrogen and oxygen atoms in total. The molecule has 0 spiro atoms. The van der Waals surface area contributed by atoms with Crippen molar-refractivity contribution in [2.45, 2.75) is 19.4 Å². The Morgan fingerprint density at radius 2 is 2.21 bits per heavy atom. The maximum Gasteiger partial charge on any atom is 0.0901 e. The molecule has 84 valence electrons. The van der Waals surface area contributed by atoms with Gasteiger partial charge in [-0.25, -0.2) is 0 Å². The quantitative estimate of drug-likeness (QED) is 0.564. The zero-order valence-corrected chi connectivity index (χ0v) is 9.72. The van der Waals surface area contributed by atoms with Crippen molar-refractivity contribution in [3.8, 4) is 0 Å². The topological polar surface area (TPSA) is 58.7 Å². The Bertz CT molecular complexity index is 167. The molecule has 0 aromatic rings. The van der Waals surface area contributed by atoms with E-state index in [2.05, 4.69) is 0 Å². The van der Waals surface area contributed by atoms with Crippen molar-refractivity contribution in [2.24, 2.45) is 5.73 Å². The molecule has 0 rings (SSSR count). The second-order valence-electron chi connectivity index (χ2n) is 3.08. The molecule has 0 aromatic carbocycles. The third-order valence-electron chi connectivity index (χ3n) is 2.13. The summed E-state index contributed by atoms with van der Waals surface area (Å²) in [7, 11) is 1.65. The van der Waals surface area contributed by atoms with E-state index in [9.17, 15) is 0 Å². The Morgan fingerprint density at radius 3 is 2.57 bits per heavy atom. The molecule has 0 aliphatic rings. The SMILES string of the molecule is CCC(C(N)=S)N(CCO)CCOC. The van der Waals surface area contributed by atoms with Crippen LogP contribution in [0.1, 0.15) is 13.3 Å². The zero-order chi connectivity index (χ0) is 11.0. The largest absolute Gasteiger partial charge is 0.395 e. The molecule has 0 bridgehead atoms. The van der Waals surface area contributed by atoms with Gasteiger partial charge in [-0.05, 0) is 6.42 Å². The predicted molar refractivity (Wildman–Crippen MR) is 61.4 cm³/mol. The minimum atomic E-state index is 0.0623. The average molecular weight is 220 g/mol. The van der Waals surface area contributed by atoms with Crippen LogP contribution in [0.15, 0.2) is 0 Å². The number of aliphatic hydroxyl groups is 1. The number of hydrogen-bond acceptors (Lipinski definition) is 4. The fraction of sp³-hybridized carbons (Fsp3) is 0.889. The van der Waals surface area contributed by atoms with Gasteiger partial charge in [-0.1, -0.05) is 19.1 Å². The van der Waals surface area contributed by atoms with Crippen LogP contribution < -0.4 is 5.73 Å². The van der Waals surface area contributed by atoms with Gasteiger partial charge in [0.1, 0.15) is 0 Å². The lowest BCUT2D eigenvalue weighted by atomic mass is 10.2. The summed E-state index contributed by atoms with van der Waals surface area (Å²) < 4.78 is 4.99. The maximum atomic E-state index is 8.90. The molecule has 0 amide bonds. The summed E-state index contributed by atoms with van der Waals surface area (Å²) in [6.45, 7) is 4.09. The number of thiocarbonyl (C=S) groups is 1. The van der Waals surface area contributed by atoms with Gasteiger partial charge in [0.25, 0.3) is 0 Å². The van der Waals surface area contributed by atoms with Gasteiger partial charge in [0.05, 0.1) is 24.2 Å². The normalized spacial score (nSPS) is 13.1. The van der Waals surface area contributed by atoms with E-state index in [1.807, 2.05) is 11.8 Å². The van der Waals surface area contributed by atoms with Crippen LogP contribution in [0, 0.1) is 0 Å². The average Bonchev–Trinajstić information content (AvgIpc) is 2.14. The summed E-state index contributed by atoms with van der Waals surface area (Å²) in [5.74, 6) is 0. The second-order valence-corrected chi connectivity index (χ2v) is 3.55. The lowest BCUT2D eigenvalue weighted by Crippen LogP contribution is -2.46. The molecule has 0 radical (unpaired) electrons. The van der Waals surface area contributed by atoms with E-state index in [4.69, 9.17) is 27.8 Å². The molecule has 1 unspecified atom stereocenters. The van der Waals surface area contributed by atoms with Gasteiger partial charge < -0.3 is 15.6 Å². The number of ether oxygens (including phenoxy) is 1. The highest BCUT2D eigenvalue weighted by molar-refractivity contribution is 7.80. The van der Waals surface area contributed by atoms with Crippen molar-refractivity contribution in [3.63, 3.8) is 0 Å². The van der Waals surface area contributed by atoms with Gasteiger partial charge in [0.2, 0.25) is 0 Å². The highest BCUT2D eigenvalue weighted by atomic mass is 32.1. The van der Waals surface area contributed by atoms with Gasteiger partial charge in [-0.3, -0.25) is 4.90 Å². The Hall–Kier alpha value is -0.230. The molecule has 0 aliphatic carbocycles. The summed E-state index contributed by atoms with van der Waals surface area (Å²) in [5.41, 5.74) is 5.62. The molecule has 5 heteroatoms. The number of nitrogens with two attached hydrogens (primary N) is 1. The summed E-state index contributed by atoms with van der Waals surface area (Å²) in [5, 5.41) is 8.90. The van der Waals surface area contributed by atoms with Crippen LogP contribution in [0.5, 0.6) is 0 Å². The van der Waals surface area contributed by atoms with Gasteiger partial charge in [0, 0.05) is 20.2 Å². The van der Waals surface area contributed by atoms with E-state index in [1.54, 1.807) is 7.11 Å². The first kappa shape index (κ1) is 13.8. The van der Waals surface area contributed by atoms with E-state index >= 15 is 0 Å². The summed E-state index contributed by atoms with van der Waals surface area (Å²) in [4.78, 5) is 2.53. The van der Waals surface area contributed by atoms with Crippen molar-refractivity contribution < 1.29 is 9.84 Å². The van der Waals surface area contributed by atoms with Crippen LogP contribution >= 0.6 is 12.2 Å². The fourth-order valence-electron chi connectivity index (χ4n) is 1.40. The van der Waals surface area contributed by atoms with Crippen molar-refractivity contribution >= 4 is 17.2 Å². The highest BCUT2D eigenvalue weighted by Crippen LogP contribution is 2.04. The minimum absolute atomic E-state index is 0.0623. The molecule has 3 N–H and O–H groups in total. The van der Waals surface area contributed by atoms with Crippen LogP contribution in [-0.4, -0.2) is 54.4 Å². The monoisotopic (exact) mass is 220 g/mol. The molecule has 0 fully saturated rings. The molecular formula is C9H20N2O2S. The molecule has 0 heterocycles. The van der Waals surface area contributed by atoms with E-state index in [0.29, 0.717) is 18.1 Å². The first-order chi connectivity index (χ1) is 6.67. The van der Waals surface area contributed by atoms with Crippen LogP contribution in [-0.2, 0) is 4.74 Å². The van der Waals surface area contributed by atoms with Crippen molar-refractivity contribution in [1.82, 2.24) is 4.90 Å². The Balaban J connectivity index is 4.19. The van der Waals surface area contributed by atoms with Crippen LogP contribution in [0.25, 0.3) is 0 Å². The number of nitrogens with zero attached hydrogens (tertiary/aromatic N) is 1. The molecule has 0 aliphatic heterocycles. The number of rotatable bonds is 8. The molecule has 0 aromatic heterocycles. The van der Waals surface area contributed by atoms with E-state index in [1.165, 1.54) is 0 Å². The van der Waals surface area contributed by atoms with Gasteiger partial charge in [-0.15, -0.1) is 0 Å². The van der Waals surface area contributed by atoms with E-state index in [0.717, 1.165) is 13.0 Å². The smallest absolute Gasteiger partial charge is 0.0901 e. The lowest BCUT2D eigenvalue weighted by molar-refractivity contribution is 0.118. The summed E-state index contributed by atoms with van der Waals surface area (Å²) >= 11 is 4.97. The van der Waals surface area contributed by atoms with Crippen molar-refractivity contribution in [3.05, 3.63) is 0 Å². The Kier molecular flexibility index (Phi) is 7.98. The van der Waals surface area contributed by atoms with Crippen LogP contribution in [0.4, 0.5) is 0 Å². The van der Waals surface area contributed by atoms with E-state index in [-0.39, 0.29) is 12.6 Å². The Labute approximate surface area is 91.0 Å². The Morgan fingerprint density at radius 1 is 1.57 bits per heavy atom. The third kappa shape index (κ3) is 4.85. The number of aliphatic hydroxyl groups excluding tert-OH is 1. The van der Waals surface area contributed by atoms with Crippen LogP contribution in [0.3, 0.4) is 0 Å². The highest BCUT2D eigenvalue weighted by Gasteiger charge is 2.18. The molecule has 0 saturated heterocycles. The number of methoxy groups -OCH3 is 1. The van der Waals surface area contributed by atoms with Gasteiger partial charge in [-0.2, -0.15) is 0 Å². The maximum absolute atomic E-state index is 8.90. The van der Waals surface area contributed by atoms with Crippen LogP contribution in [0.2, 0.25) is 0 Å². The molecule has 1 atom stereocenters. The summed E-state index contributed by atoms with van der Waals surface area (Å²) in [6, 6.07) is 0.0623. The third-order valence-corrected chi connectivity index (χ3v) is 2.40. The first-order valence-electron chi connectivity index (χ1n) is 4.80. The molecular weight excluding hydrogens is 200 g/mol. The predicted octanol–water partition coefficient (Wildman–Crippen LogP) is -0.00820. The first-order valence-corrected chi connectivity index (χ1v) is 5.21. The van der Waals surface area contributed by atoms with Crippen molar-refractivity contribution in [1.29, 1.82) is 0 Å². The standard InChI is InChI=1S/C9H20N2O2S/c1-3-8(9(10)14)11(4-6-12)5-7-13-2/h8,12H,3-7H2,1-2H3,(H2,10,14). The number of hydrogen-bond donors (Lipinski definition) is 2. The molecule has 0 saturated carbocycles.